The van der Waals surface area contributed by atoms with Gasteiger partial charge in [0.25, 0.3) is 5.56 Å². The highest BCUT2D eigenvalue weighted by molar-refractivity contribution is 7.98. The van der Waals surface area contributed by atoms with Crippen molar-refractivity contribution in [1.29, 1.82) is 0 Å². The molecular formula is C24H18ClFN2OS. The second-order valence-corrected chi connectivity index (χ2v) is 8.08. The first-order valence-corrected chi connectivity index (χ1v) is 10.9. The van der Waals surface area contributed by atoms with E-state index in [1.54, 1.807) is 48.3 Å². The summed E-state index contributed by atoms with van der Waals surface area (Å²) in [6.45, 7) is 0. The summed E-state index contributed by atoms with van der Waals surface area (Å²) in [6.07, 6.45) is 3.99. The number of hydrogen-bond acceptors (Lipinski definition) is 3. The van der Waals surface area contributed by atoms with Crippen LogP contribution >= 0.6 is 23.4 Å². The Kier molecular flexibility index (Phi) is 6.02. The Morgan fingerprint density at radius 1 is 1.03 bits per heavy atom. The molecule has 0 amide bonds. The molecule has 30 heavy (non-hydrogen) atoms. The van der Waals surface area contributed by atoms with Gasteiger partial charge in [-0.05, 0) is 59.8 Å². The molecule has 4 rings (SSSR count). The van der Waals surface area contributed by atoms with Gasteiger partial charge in [-0.15, -0.1) is 11.8 Å². The van der Waals surface area contributed by atoms with Crippen LogP contribution in [0.4, 0.5) is 4.39 Å². The predicted octanol–water partition coefficient (Wildman–Crippen LogP) is 6.00. The Hall–Kier alpha value is -2.89. The van der Waals surface area contributed by atoms with Crippen LogP contribution in [-0.2, 0) is 6.42 Å². The Morgan fingerprint density at radius 2 is 1.80 bits per heavy atom. The molecule has 1 aromatic heterocycles. The van der Waals surface area contributed by atoms with Gasteiger partial charge in [-0.2, -0.15) is 9.78 Å². The molecule has 3 nitrogen and oxygen atoms in total. The highest BCUT2D eigenvalue weighted by Crippen LogP contribution is 2.26. The first-order chi connectivity index (χ1) is 14.5. The lowest BCUT2D eigenvalue weighted by Gasteiger charge is -2.13. The molecule has 0 aliphatic heterocycles. The van der Waals surface area contributed by atoms with Gasteiger partial charge in [0.2, 0.25) is 0 Å². The van der Waals surface area contributed by atoms with Crippen LogP contribution in [0.5, 0.6) is 0 Å². The second kappa shape index (κ2) is 8.86. The molecule has 0 bridgehead atoms. The zero-order chi connectivity index (χ0) is 21.1. The first kappa shape index (κ1) is 20.4. The zero-order valence-corrected chi connectivity index (χ0v) is 17.8. The SMILES string of the molecule is CSc1ccc(-c2cnn(-c3cccc(Cl)c3)c(=O)c2Cc2cccc(F)c2)cc1. The monoisotopic (exact) mass is 436 g/mol. The van der Waals surface area contributed by atoms with Crippen molar-refractivity contribution < 1.29 is 4.39 Å². The van der Waals surface area contributed by atoms with Gasteiger partial charge in [0.05, 0.1) is 11.9 Å². The van der Waals surface area contributed by atoms with E-state index in [-0.39, 0.29) is 11.4 Å². The van der Waals surface area contributed by atoms with Crippen molar-refractivity contribution in [3.63, 3.8) is 0 Å². The Morgan fingerprint density at radius 3 is 2.50 bits per heavy atom. The minimum absolute atomic E-state index is 0.257. The smallest absolute Gasteiger partial charge is 0.267 e. The van der Waals surface area contributed by atoms with Crippen LogP contribution in [0, 0.1) is 5.82 Å². The summed E-state index contributed by atoms with van der Waals surface area (Å²) >= 11 is 7.75. The van der Waals surface area contributed by atoms with Crippen LogP contribution in [0.25, 0.3) is 16.8 Å². The zero-order valence-electron chi connectivity index (χ0n) is 16.2. The maximum Gasteiger partial charge on any atom is 0.275 e. The van der Waals surface area contributed by atoms with E-state index >= 15 is 0 Å². The molecule has 0 saturated heterocycles. The summed E-state index contributed by atoms with van der Waals surface area (Å²) in [5, 5.41) is 4.91. The van der Waals surface area contributed by atoms with Crippen molar-refractivity contribution in [2.75, 3.05) is 6.26 Å². The third-order valence-electron chi connectivity index (χ3n) is 4.80. The summed E-state index contributed by atoms with van der Waals surface area (Å²) < 4.78 is 15.1. The molecule has 4 aromatic rings. The van der Waals surface area contributed by atoms with Crippen molar-refractivity contribution in [1.82, 2.24) is 9.78 Å². The molecule has 1 heterocycles. The van der Waals surface area contributed by atoms with Gasteiger partial charge >= 0.3 is 0 Å². The molecular weight excluding hydrogens is 419 g/mol. The van der Waals surface area contributed by atoms with E-state index in [2.05, 4.69) is 5.10 Å². The number of thioether (sulfide) groups is 1. The maximum atomic E-state index is 13.8. The van der Waals surface area contributed by atoms with E-state index in [0.29, 0.717) is 22.7 Å². The van der Waals surface area contributed by atoms with Gasteiger partial charge in [0.15, 0.2) is 0 Å². The van der Waals surface area contributed by atoms with Gasteiger partial charge in [-0.1, -0.05) is 41.9 Å². The fourth-order valence-electron chi connectivity index (χ4n) is 3.32. The minimum atomic E-state index is -0.331. The Labute approximate surface area is 183 Å². The van der Waals surface area contributed by atoms with Crippen LogP contribution in [0.3, 0.4) is 0 Å². The average Bonchev–Trinajstić information content (AvgIpc) is 2.75. The number of nitrogens with zero attached hydrogens (tertiary/aromatic N) is 2. The quantitative estimate of drug-likeness (QED) is 0.359. The van der Waals surface area contributed by atoms with E-state index in [0.717, 1.165) is 21.6 Å². The highest BCUT2D eigenvalue weighted by atomic mass is 35.5. The van der Waals surface area contributed by atoms with E-state index in [9.17, 15) is 9.18 Å². The molecule has 0 fully saturated rings. The summed E-state index contributed by atoms with van der Waals surface area (Å²) in [5.41, 5.74) is 3.22. The van der Waals surface area contributed by atoms with Crippen LogP contribution in [0.2, 0.25) is 5.02 Å². The predicted molar refractivity (Wildman–Crippen MR) is 121 cm³/mol. The maximum absolute atomic E-state index is 13.8. The van der Waals surface area contributed by atoms with Crippen LogP contribution in [0.15, 0.2) is 88.7 Å². The fourth-order valence-corrected chi connectivity index (χ4v) is 3.91. The molecule has 0 radical (unpaired) electrons. The highest BCUT2D eigenvalue weighted by Gasteiger charge is 2.15. The molecule has 0 saturated carbocycles. The molecule has 0 aliphatic rings. The Balaban J connectivity index is 1.88. The van der Waals surface area contributed by atoms with E-state index in [1.807, 2.05) is 36.6 Å². The summed E-state index contributed by atoms with van der Waals surface area (Å²) in [7, 11) is 0. The van der Waals surface area contributed by atoms with Gasteiger partial charge in [0.1, 0.15) is 5.82 Å². The van der Waals surface area contributed by atoms with Gasteiger partial charge < -0.3 is 0 Å². The number of benzene rings is 3. The topological polar surface area (TPSA) is 34.9 Å². The minimum Gasteiger partial charge on any atom is -0.267 e. The second-order valence-electron chi connectivity index (χ2n) is 6.77. The van der Waals surface area contributed by atoms with Crippen LogP contribution < -0.4 is 5.56 Å². The number of aromatic nitrogens is 2. The first-order valence-electron chi connectivity index (χ1n) is 9.31. The number of rotatable bonds is 5. The van der Waals surface area contributed by atoms with Gasteiger partial charge in [0, 0.05) is 27.5 Å². The summed E-state index contributed by atoms with van der Waals surface area (Å²) in [4.78, 5) is 14.6. The van der Waals surface area contributed by atoms with E-state index in [1.165, 1.54) is 16.8 Å². The average molecular weight is 437 g/mol. The lowest BCUT2D eigenvalue weighted by Crippen LogP contribution is -2.25. The lowest BCUT2D eigenvalue weighted by atomic mass is 9.97. The van der Waals surface area contributed by atoms with Gasteiger partial charge in [-0.25, -0.2) is 4.39 Å². The van der Waals surface area contributed by atoms with Crippen molar-refractivity contribution >= 4 is 23.4 Å². The largest absolute Gasteiger partial charge is 0.275 e. The molecule has 6 heteroatoms. The van der Waals surface area contributed by atoms with Crippen LogP contribution in [0.1, 0.15) is 11.1 Å². The molecule has 3 aromatic carbocycles. The third-order valence-corrected chi connectivity index (χ3v) is 5.78. The molecule has 150 valence electrons. The van der Waals surface area contributed by atoms with E-state index < -0.39 is 0 Å². The van der Waals surface area contributed by atoms with Crippen molar-refractivity contribution in [2.45, 2.75) is 11.3 Å². The van der Waals surface area contributed by atoms with Crippen molar-refractivity contribution in [3.05, 3.63) is 111 Å². The summed E-state index contributed by atoms with van der Waals surface area (Å²) in [6, 6.07) is 21.2. The molecule has 0 spiro atoms. The fraction of sp³-hybridized carbons (Fsp3) is 0.0833. The number of hydrogen-bond donors (Lipinski definition) is 0. The number of halogens is 2. The Bertz CT molecular complexity index is 1250. The summed E-state index contributed by atoms with van der Waals surface area (Å²) in [5.74, 6) is -0.331. The normalized spacial score (nSPS) is 10.9. The third kappa shape index (κ3) is 4.32. The van der Waals surface area contributed by atoms with Gasteiger partial charge in [-0.3, -0.25) is 4.79 Å². The molecule has 0 unspecified atom stereocenters. The van der Waals surface area contributed by atoms with E-state index in [4.69, 9.17) is 11.6 Å². The molecule has 0 aliphatic carbocycles. The molecule has 0 atom stereocenters. The van der Waals surface area contributed by atoms with Crippen LogP contribution in [-0.4, -0.2) is 16.0 Å². The lowest BCUT2D eigenvalue weighted by molar-refractivity contribution is 0.626. The standard InChI is InChI=1S/C24H18ClFN2OS/c1-30-21-10-8-17(9-11-21)23-15-27-28(20-7-3-5-18(25)14-20)24(29)22(23)13-16-4-2-6-19(26)12-16/h2-12,14-15H,13H2,1H3. The molecule has 0 N–H and O–H groups in total. The van der Waals surface area contributed by atoms with Crippen molar-refractivity contribution in [2.24, 2.45) is 0 Å². The van der Waals surface area contributed by atoms with Crippen molar-refractivity contribution in [3.8, 4) is 16.8 Å².